The fourth-order valence-corrected chi connectivity index (χ4v) is 3.38. The van der Waals surface area contributed by atoms with Crippen molar-refractivity contribution in [2.45, 2.75) is 24.1 Å². The first kappa shape index (κ1) is 16.4. The molecular formula is C17H20BrNOS. The van der Waals surface area contributed by atoms with Crippen molar-refractivity contribution in [3.63, 3.8) is 0 Å². The second-order valence-electron chi connectivity index (χ2n) is 4.67. The predicted molar refractivity (Wildman–Crippen MR) is 94.1 cm³/mol. The fourth-order valence-electron chi connectivity index (χ4n) is 1.92. The van der Waals surface area contributed by atoms with Crippen LogP contribution in [0.25, 0.3) is 0 Å². The molecule has 0 fully saturated rings. The minimum Gasteiger partial charge on any atom is -0.497 e. The molecule has 4 heteroatoms. The molecule has 0 atom stereocenters. The zero-order valence-electron chi connectivity index (χ0n) is 12.4. The van der Waals surface area contributed by atoms with Gasteiger partial charge in [0, 0.05) is 21.7 Å². The highest BCUT2D eigenvalue weighted by molar-refractivity contribution is 9.10. The van der Waals surface area contributed by atoms with E-state index < -0.39 is 0 Å². The van der Waals surface area contributed by atoms with Gasteiger partial charge in [0.05, 0.1) is 7.11 Å². The third-order valence-corrected chi connectivity index (χ3v) is 4.98. The molecule has 112 valence electrons. The number of rotatable bonds is 7. The quantitative estimate of drug-likeness (QED) is 0.707. The third kappa shape index (κ3) is 5.06. The van der Waals surface area contributed by atoms with Crippen LogP contribution in [0.2, 0.25) is 0 Å². The molecule has 0 saturated carbocycles. The Kier molecular flexibility index (Phi) is 6.61. The Morgan fingerprint density at radius 1 is 1.14 bits per heavy atom. The van der Waals surface area contributed by atoms with Crippen molar-refractivity contribution in [3.8, 4) is 5.75 Å². The summed E-state index contributed by atoms with van der Waals surface area (Å²) in [6.45, 7) is 4.06. The number of hydrogen-bond acceptors (Lipinski definition) is 3. The first-order valence-corrected chi connectivity index (χ1v) is 8.75. The molecule has 0 spiro atoms. The van der Waals surface area contributed by atoms with E-state index in [0.717, 1.165) is 29.1 Å². The van der Waals surface area contributed by atoms with Crippen molar-refractivity contribution in [3.05, 3.63) is 58.1 Å². The third-order valence-electron chi connectivity index (χ3n) is 3.15. The van der Waals surface area contributed by atoms with E-state index in [1.807, 2.05) is 23.9 Å². The van der Waals surface area contributed by atoms with E-state index in [2.05, 4.69) is 58.5 Å². The first-order valence-electron chi connectivity index (χ1n) is 6.97. The van der Waals surface area contributed by atoms with Gasteiger partial charge in [-0.1, -0.05) is 35.0 Å². The number of ether oxygens (including phenoxy) is 1. The second-order valence-corrected chi connectivity index (χ2v) is 6.57. The lowest BCUT2D eigenvalue weighted by atomic mass is 10.2. The van der Waals surface area contributed by atoms with Crippen molar-refractivity contribution in [1.82, 2.24) is 5.32 Å². The first-order chi connectivity index (χ1) is 10.2. The lowest BCUT2D eigenvalue weighted by Crippen LogP contribution is -2.11. The highest BCUT2D eigenvalue weighted by atomic mass is 79.9. The number of hydrogen-bond donors (Lipinski definition) is 1. The molecule has 2 aromatic rings. The summed E-state index contributed by atoms with van der Waals surface area (Å²) >= 11 is 5.43. The van der Waals surface area contributed by atoms with Gasteiger partial charge in [0.25, 0.3) is 0 Å². The molecule has 0 bridgehead atoms. The SMILES string of the molecule is CCNCc1ccc(SCc2cc(OC)ccc2Br)cc1. The van der Waals surface area contributed by atoms with Gasteiger partial charge in [-0.25, -0.2) is 0 Å². The zero-order chi connectivity index (χ0) is 15.1. The summed E-state index contributed by atoms with van der Waals surface area (Å²) in [4.78, 5) is 1.28. The average Bonchev–Trinajstić information content (AvgIpc) is 2.53. The minimum absolute atomic E-state index is 0.898. The number of benzene rings is 2. The lowest BCUT2D eigenvalue weighted by molar-refractivity contribution is 0.414. The Labute approximate surface area is 139 Å². The van der Waals surface area contributed by atoms with Gasteiger partial charge >= 0.3 is 0 Å². The van der Waals surface area contributed by atoms with E-state index in [0.29, 0.717) is 0 Å². The van der Waals surface area contributed by atoms with E-state index in [9.17, 15) is 0 Å². The molecule has 0 aliphatic carbocycles. The molecule has 2 rings (SSSR count). The molecule has 2 nitrogen and oxygen atoms in total. The summed E-state index contributed by atoms with van der Waals surface area (Å²) in [5, 5.41) is 3.34. The minimum atomic E-state index is 0.898. The van der Waals surface area contributed by atoms with Crippen molar-refractivity contribution in [2.75, 3.05) is 13.7 Å². The van der Waals surface area contributed by atoms with Gasteiger partial charge in [-0.15, -0.1) is 11.8 Å². The summed E-state index contributed by atoms with van der Waals surface area (Å²) < 4.78 is 6.40. The molecule has 21 heavy (non-hydrogen) atoms. The van der Waals surface area contributed by atoms with Gasteiger partial charge in [-0.05, 0) is 48.0 Å². The maximum absolute atomic E-state index is 5.28. The summed E-state index contributed by atoms with van der Waals surface area (Å²) in [5.41, 5.74) is 2.57. The summed E-state index contributed by atoms with van der Waals surface area (Å²) in [5.74, 6) is 1.82. The van der Waals surface area contributed by atoms with E-state index in [1.165, 1.54) is 16.0 Å². The number of methoxy groups -OCH3 is 1. The normalized spacial score (nSPS) is 10.6. The van der Waals surface area contributed by atoms with E-state index in [-0.39, 0.29) is 0 Å². The van der Waals surface area contributed by atoms with E-state index >= 15 is 0 Å². The molecule has 0 aliphatic rings. The molecule has 0 amide bonds. The molecule has 0 heterocycles. The Morgan fingerprint density at radius 3 is 2.57 bits per heavy atom. The van der Waals surface area contributed by atoms with Gasteiger partial charge in [-0.3, -0.25) is 0 Å². The van der Waals surface area contributed by atoms with Crippen molar-refractivity contribution in [2.24, 2.45) is 0 Å². The van der Waals surface area contributed by atoms with E-state index in [4.69, 9.17) is 4.74 Å². The average molecular weight is 366 g/mol. The van der Waals surface area contributed by atoms with Crippen LogP contribution in [0.1, 0.15) is 18.1 Å². The number of halogens is 1. The molecule has 2 aromatic carbocycles. The van der Waals surface area contributed by atoms with Crippen LogP contribution in [-0.2, 0) is 12.3 Å². The Bertz CT molecular complexity index is 572. The molecule has 0 aliphatic heterocycles. The molecule has 0 saturated heterocycles. The topological polar surface area (TPSA) is 21.3 Å². The second kappa shape index (κ2) is 8.47. The summed E-state index contributed by atoms with van der Waals surface area (Å²) in [6, 6.07) is 14.8. The molecule has 0 unspecified atom stereocenters. The maximum atomic E-state index is 5.28. The molecule has 0 aromatic heterocycles. The largest absolute Gasteiger partial charge is 0.497 e. The van der Waals surface area contributed by atoms with Gasteiger partial charge in [-0.2, -0.15) is 0 Å². The Balaban J connectivity index is 1.96. The molecule has 0 radical (unpaired) electrons. The Morgan fingerprint density at radius 2 is 1.90 bits per heavy atom. The summed E-state index contributed by atoms with van der Waals surface area (Å²) in [6.07, 6.45) is 0. The van der Waals surface area contributed by atoms with Crippen LogP contribution in [0.4, 0.5) is 0 Å². The van der Waals surface area contributed by atoms with Crippen LogP contribution >= 0.6 is 27.7 Å². The standard InChI is InChI=1S/C17H20BrNOS/c1-3-19-11-13-4-7-16(8-5-13)21-12-14-10-15(20-2)6-9-17(14)18/h4-10,19H,3,11-12H2,1-2H3. The van der Waals surface area contributed by atoms with Crippen LogP contribution in [0.3, 0.4) is 0 Å². The summed E-state index contributed by atoms with van der Waals surface area (Å²) in [7, 11) is 1.70. The van der Waals surface area contributed by atoms with Gasteiger partial charge < -0.3 is 10.1 Å². The molecular weight excluding hydrogens is 346 g/mol. The van der Waals surface area contributed by atoms with E-state index in [1.54, 1.807) is 7.11 Å². The highest BCUT2D eigenvalue weighted by Crippen LogP contribution is 2.29. The maximum Gasteiger partial charge on any atom is 0.119 e. The van der Waals surface area contributed by atoms with Crippen molar-refractivity contribution in [1.29, 1.82) is 0 Å². The highest BCUT2D eigenvalue weighted by Gasteiger charge is 2.03. The van der Waals surface area contributed by atoms with Crippen LogP contribution < -0.4 is 10.1 Å². The predicted octanol–water partition coefficient (Wildman–Crippen LogP) is 4.86. The van der Waals surface area contributed by atoms with Gasteiger partial charge in [0.2, 0.25) is 0 Å². The number of nitrogens with one attached hydrogen (secondary N) is 1. The van der Waals surface area contributed by atoms with Gasteiger partial charge in [0.1, 0.15) is 5.75 Å². The smallest absolute Gasteiger partial charge is 0.119 e. The Hall–Kier alpha value is -0.970. The van der Waals surface area contributed by atoms with Crippen LogP contribution in [0.5, 0.6) is 5.75 Å². The number of thioether (sulfide) groups is 1. The molecule has 1 N–H and O–H groups in total. The van der Waals surface area contributed by atoms with Crippen molar-refractivity contribution < 1.29 is 4.74 Å². The monoisotopic (exact) mass is 365 g/mol. The lowest BCUT2D eigenvalue weighted by Gasteiger charge is -2.08. The van der Waals surface area contributed by atoms with Crippen LogP contribution in [0, 0.1) is 0 Å². The van der Waals surface area contributed by atoms with Gasteiger partial charge in [0.15, 0.2) is 0 Å². The van der Waals surface area contributed by atoms with Crippen LogP contribution in [-0.4, -0.2) is 13.7 Å². The van der Waals surface area contributed by atoms with Crippen LogP contribution in [0.15, 0.2) is 51.8 Å². The fraction of sp³-hybridized carbons (Fsp3) is 0.294. The zero-order valence-corrected chi connectivity index (χ0v) is 14.8. The van der Waals surface area contributed by atoms with Crippen molar-refractivity contribution >= 4 is 27.7 Å².